The van der Waals surface area contributed by atoms with Gasteiger partial charge in [-0.05, 0) is 19.9 Å². The number of carbonyl (C=O) groups excluding carboxylic acids is 2. The van der Waals surface area contributed by atoms with E-state index in [0.29, 0.717) is 19.4 Å². The Morgan fingerprint density at radius 1 is 1.48 bits per heavy atom. The van der Waals surface area contributed by atoms with Crippen LogP contribution in [-0.2, 0) is 16.6 Å². The highest BCUT2D eigenvalue weighted by atomic mass is 16.2. The third kappa shape index (κ3) is 4.10. The Hall–Kier alpha value is -1.89. The van der Waals surface area contributed by atoms with Crippen molar-refractivity contribution in [3.8, 4) is 0 Å². The number of carbonyl (C=O) groups is 2. The van der Waals surface area contributed by atoms with Crippen molar-refractivity contribution < 1.29 is 9.59 Å². The second-order valence-corrected chi connectivity index (χ2v) is 6.25. The first-order chi connectivity index (χ1) is 10.9. The maximum atomic E-state index is 12.6. The van der Waals surface area contributed by atoms with Crippen LogP contribution in [0.4, 0.5) is 0 Å². The maximum absolute atomic E-state index is 12.6. The molecule has 2 unspecified atom stereocenters. The van der Waals surface area contributed by atoms with E-state index in [-0.39, 0.29) is 29.8 Å². The summed E-state index contributed by atoms with van der Waals surface area (Å²) in [4.78, 5) is 26.4. The van der Waals surface area contributed by atoms with Crippen molar-refractivity contribution in [1.82, 2.24) is 25.3 Å². The summed E-state index contributed by atoms with van der Waals surface area (Å²) in [5.41, 5.74) is 0.905. The fourth-order valence-corrected chi connectivity index (χ4v) is 3.17. The van der Waals surface area contributed by atoms with Gasteiger partial charge >= 0.3 is 0 Å². The number of aromatic nitrogens is 2. The predicted octanol–water partition coefficient (Wildman–Crippen LogP) is 0.444. The van der Waals surface area contributed by atoms with Gasteiger partial charge in [0.2, 0.25) is 11.8 Å². The van der Waals surface area contributed by atoms with Crippen LogP contribution in [-0.4, -0.2) is 52.7 Å². The Bertz CT molecular complexity index is 556. The third-order valence-corrected chi connectivity index (χ3v) is 4.40. The quantitative estimate of drug-likeness (QED) is 0.797. The van der Waals surface area contributed by atoms with Gasteiger partial charge in [0.05, 0.1) is 18.2 Å². The lowest BCUT2D eigenvalue weighted by Crippen LogP contribution is -2.48. The minimum absolute atomic E-state index is 0.00274. The molecule has 0 saturated carbocycles. The molecule has 0 radical (unpaired) electrons. The van der Waals surface area contributed by atoms with E-state index in [2.05, 4.69) is 15.7 Å². The first-order valence-corrected chi connectivity index (χ1v) is 8.19. The molecule has 23 heavy (non-hydrogen) atoms. The Morgan fingerprint density at radius 2 is 2.22 bits per heavy atom. The number of hydrogen-bond acceptors (Lipinski definition) is 4. The molecule has 1 saturated heterocycles. The summed E-state index contributed by atoms with van der Waals surface area (Å²) >= 11 is 0. The summed E-state index contributed by atoms with van der Waals surface area (Å²) < 4.78 is 1.70. The highest BCUT2D eigenvalue weighted by Gasteiger charge is 2.39. The summed E-state index contributed by atoms with van der Waals surface area (Å²) in [6, 6.07) is -0.0249. The molecular weight excluding hydrogens is 294 g/mol. The molecule has 1 aliphatic heterocycles. The summed E-state index contributed by atoms with van der Waals surface area (Å²) in [5.74, 6) is -0.164. The van der Waals surface area contributed by atoms with Crippen molar-refractivity contribution >= 4 is 11.8 Å². The van der Waals surface area contributed by atoms with Crippen molar-refractivity contribution in [3.05, 3.63) is 18.0 Å². The molecule has 2 N–H and O–H groups in total. The zero-order valence-corrected chi connectivity index (χ0v) is 14.4. The number of likely N-dealkylation sites (tertiary alicyclic amines) is 1. The molecule has 7 nitrogen and oxygen atoms in total. The topological polar surface area (TPSA) is 79.3 Å². The lowest BCUT2D eigenvalue weighted by atomic mass is 9.85. The summed E-state index contributed by atoms with van der Waals surface area (Å²) in [5, 5.41) is 10.5. The molecular formula is C16H27N5O2. The highest BCUT2D eigenvalue weighted by molar-refractivity contribution is 5.84. The fourth-order valence-electron chi connectivity index (χ4n) is 3.17. The van der Waals surface area contributed by atoms with Gasteiger partial charge in [-0.1, -0.05) is 6.92 Å². The van der Waals surface area contributed by atoms with Gasteiger partial charge in [-0.15, -0.1) is 0 Å². The second kappa shape index (κ2) is 7.59. The Balaban J connectivity index is 2.11. The van der Waals surface area contributed by atoms with E-state index in [1.807, 2.05) is 27.1 Å². The van der Waals surface area contributed by atoms with E-state index < -0.39 is 0 Å². The van der Waals surface area contributed by atoms with Crippen LogP contribution >= 0.6 is 0 Å². The lowest BCUT2D eigenvalue weighted by Gasteiger charge is -2.37. The molecule has 1 fully saturated rings. The molecule has 2 heterocycles. The predicted molar refractivity (Wildman–Crippen MR) is 87.6 cm³/mol. The largest absolute Gasteiger partial charge is 0.354 e. The van der Waals surface area contributed by atoms with E-state index in [0.717, 1.165) is 12.1 Å². The van der Waals surface area contributed by atoms with Crippen LogP contribution in [0.25, 0.3) is 0 Å². The van der Waals surface area contributed by atoms with Gasteiger partial charge in [0.15, 0.2) is 0 Å². The van der Waals surface area contributed by atoms with Crippen LogP contribution < -0.4 is 10.6 Å². The van der Waals surface area contributed by atoms with Gasteiger partial charge in [-0.25, -0.2) is 0 Å². The van der Waals surface area contributed by atoms with Crippen molar-refractivity contribution in [2.45, 2.75) is 38.8 Å². The maximum Gasteiger partial charge on any atom is 0.225 e. The van der Waals surface area contributed by atoms with E-state index in [1.165, 1.54) is 0 Å². The molecule has 2 rings (SSSR count). The third-order valence-electron chi connectivity index (χ3n) is 4.40. The minimum Gasteiger partial charge on any atom is -0.354 e. The summed E-state index contributed by atoms with van der Waals surface area (Å²) in [7, 11) is 3.60. The van der Waals surface area contributed by atoms with Crippen LogP contribution in [0.5, 0.6) is 0 Å². The Kier molecular flexibility index (Phi) is 5.76. The van der Waals surface area contributed by atoms with Gasteiger partial charge in [0, 0.05) is 44.9 Å². The molecule has 0 aliphatic carbocycles. The molecule has 0 spiro atoms. The van der Waals surface area contributed by atoms with Gasteiger partial charge in [-0.3, -0.25) is 14.3 Å². The first-order valence-electron chi connectivity index (χ1n) is 8.19. The number of likely N-dealkylation sites (N-methyl/N-ethyl adjacent to an activating group) is 1. The van der Waals surface area contributed by atoms with Crippen LogP contribution in [0.2, 0.25) is 0 Å². The average Bonchev–Trinajstić information content (AvgIpc) is 2.93. The number of nitrogens with zero attached hydrogens (tertiary/aromatic N) is 3. The van der Waals surface area contributed by atoms with E-state index in [9.17, 15) is 9.59 Å². The van der Waals surface area contributed by atoms with Crippen molar-refractivity contribution in [2.75, 3.05) is 20.1 Å². The van der Waals surface area contributed by atoms with Gasteiger partial charge in [0.1, 0.15) is 0 Å². The van der Waals surface area contributed by atoms with Gasteiger partial charge in [0.25, 0.3) is 0 Å². The lowest BCUT2D eigenvalue weighted by molar-refractivity contribution is -0.141. The van der Waals surface area contributed by atoms with Crippen molar-refractivity contribution in [3.63, 3.8) is 0 Å². The van der Waals surface area contributed by atoms with Crippen LogP contribution in [0.1, 0.15) is 38.3 Å². The molecule has 1 aromatic rings. The first kappa shape index (κ1) is 17.5. The zero-order valence-electron chi connectivity index (χ0n) is 14.4. The number of piperidine rings is 1. The van der Waals surface area contributed by atoms with Gasteiger partial charge in [-0.2, -0.15) is 5.10 Å². The smallest absolute Gasteiger partial charge is 0.225 e. The standard InChI is InChI=1S/C16H27N5O2/c1-5-17-11(2)8-18-16(23)13-6-7-14(22)21(4)15(13)12-9-19-20(3)10-12/h9-11,13,15,17H,5-8H2,1-4H3,(H,18,23)/t11-,13?,15?/m1/s1. The molecule has 1 aromatic heterocycles. The number of amides is 2. The number of nitrogens with one attached hydrogen (secondary N) is 2. The van der Waals surface area contributed by atoms with E-state index in [1.54, 1.807) is 22.8 Å². The summed E-state index contributed by atoms with van der Waals surface area (Å²) in [6.07, 6.45) is 4.60. The van der Waals surface area contributed by atoms with Crippen LogP contribution in [0.15, 0.2) is 12.4 Å². The van der Waals surface area contributed by atoms with Crippen LogP contribution in [0.3, 0.4) is 0 Å². The average molecular weight is 321 g/mol. The number of rotatable bonds is 6. The molecule has 2 amide bonds. The molecule has 1 aliphatic rings. The van der Waals surface area contributed by atoms with E-state index in [4.69, 9.17) is 0 Å². The van der Waals surface area contributed by atoms with Crippen molar-refractivity contribution in [2.24, 2.45) is 13.0 Å². The summed E-state index contributed by atoms with van der Waals surface area (Å²) in [6.45, 7) is 5.54. The SMILES string of the molecule is CCN[C@H](C)CNC(=O)C1CCC(=O)N(C)C1c1cnn(C)c1. The monoisotopic (exact) mass is 321 g/mol. The molecule has 0 aromatic carbocycles. The second-order valence-electron chi connectivity index (χ2n) is 6.25. The number of hydrogen-bond donors (Lipinski definition) is 2. The van der Waals surface area contributed by atoms with Gasteiger partial charge < -0.3 is 15.5 Å². The molecule has 128 valence electrons. The minimum atomic E-state index is -0.251. The normalized spacial score (nSPS) is 23.0. The zero-order chi connectivity index (χ0) is 17.0. The molecule has 3 atom stereocenters. The Labute approximate surface area is 137 Å². The molecule has 0 bridgehead atoms. The fraction of sp³-hybridized carbons (Fsp3) is 0.688. The Morgan fingerprint density at radius 3 is 2.83 bits per heavy atom. The van der Waals surface area contributed by atoms with Crippen molar-refractivity contribution in [1.29, 1.82) is 0 Å². The van der Waals surface area contributed by atoms with E-state index >= 15 is 0 Å². The van der Waals surface area contributed by atoms with Crippen LogP contribution in [0, 0.1) is 5.92 Å². The number of aryl methyl sites for hydroxylation is 1. The highest BCUT2D eigenvalue weighted by Crippen LogP contribution is 2.35. The molecule has 7 heteroatoms.